The summed E-state index contributed by atoms with van der Waals surface area (Å²) in [6, 6.07) is 18.2. The Hall–Kier alpha value is -1.26. The highest BCUT2D eigenvalue weighted by Gasteiger charge is 2.32. The lowest BCUT2D eigenvalue weighted by atomic mass is 9.89. The maximum atomic E-state index is 5.99. The summed E-state index contributed by atoms with van der Waals surface area (Å²) in [5, 5.41) is 0.705. The quantitative estimate of drug-likeness (QED) is 0.844. The van der Waals surface area contributed by atoms with Crippen LogP contribution < -0.4 is 10.5 Å². The van der Waals surface area contributed by atoms with Crippen molar-refractivity contribution in [2.24, 2.45) is 11.7 Å². The zero-order valence-corrected chi connectivity index (χ0v) is 15.2. The zero-order chi connectivity index (χ0) is 16.1. The average molecular weight is 367 g/mol. The number of hydrogen-bond acceptors (Lipinski definition) is 3. The van der Waals surface area contributed by atoms with Crippen molar-refractivity contribution in [2.45, 2.75) is 5.92 Å². The molecule has 0 spiro atoms. The monoisotopic (exact) mass is 366 g/mol. The molecule has 2 aromatic carbocycles. The molecule has 3 nitrogen and oxygen atoms in total. The second kappa shape index (κ2) is 9.28. The van der Waals surface area contributed by atoms with Crippen LogP contribution in [0.25, 0.3) is 0 Å². The highest BCUT2D eigenvalue weighted by molar-refractivity contribution is 6.30. The highest BCUT2D eigenvalue weighted by atomic mass is 35.5. The van der Waals surface area contributed by atoms with Crippen molar-refractivity contribution in [3.8, 4) is 5.75 Å². The standard InChI is InChI=1S/C19H23ClN2O.ClH/c20-17-7-4-8-18(11-17)23-10-9-22-13-16(12-21)19(14-22)15-5-2-1-3-6-15;/h1-8,11,16,19H,9-10,12-14,21H2;1H/t16-,19+;/m1./s1. The van der Waals surface area contributed by atoms with Crippen LogP contribution in [-0.2, 0) is 0 Å². The minimum atomic E-state index is 0. The zero-order valence-electron chi connectivity index (χ0n) is 13.6. The van der Waals surface area contributed by atoms with Crippen molar-refractivity contribution in [1.29, 1.82) is 0 Å². The maximum absolute atomic E-state index is 5.99. The van der Waals surface area contributed by atoms with Gasteiger partial charge < -0.3 is 10.5 Å². The van der Waals surface area contributed by atoms with Crippen LogP contribution in [0.5, 0.6) is 5.75 Å². The fourth-order valence-corrected chi connectivity index (χ4v) is 3.49. The molecule has 0 bridgehead atoms. The van der Waals surface area contributed by atoms with E-state index in [0.29, 0.717) is 23.5 Å². The molecule has 3 rings (SSSR count). The fourth-order valence-electron chi connectivity index (χ4n) is 3.31. The minimum absolute atomic E-state index is 0. The summed E-state index contributed by atoms with van der Waals surface area (Å²) >= 11 is 5.97. The summed E-state index contributed by atoms with van der Waals surface area (Å²) in [5.41, 5.74) is 7.38. The summed E-state index contributed by atoms with van der Waals surface area (Å²) < 4.78 is 5.80. The molecular formula is C19H24Cl2N2O. The lowest BCUT2D eigenvalue weighted by molar-refractivity contribution is 0.232. The molecule has 0 unspecified atom stereocenters. The number of halogens is 2. The molecule has 2 aromatic rings. The van der Waals surface area contributed by atoms with Crippen LogP contribution in [-0.4, -0.2) is 37.7 Å². The second-order valence-electron chi connectivity index (χ2n) is 6.08. The van der Waals surface area contributed by atoms with Crippen LogP contribution in [0, 0.1) is 5.92 Å². The van der Waals surface area contributed by atoms with Crippen LogP contribution >= 0.6 is 24.0 Å². The number of likely N-dealkylation sites (tertiary alicyclic amines) is 1. The molecule has 0 saturated carbocycles. The van der Waals surface area contributed by atoms with Gasteiger partial charge in [-0.2, -0.15) is 0 Å². The van der Waals surface area contributed by atoms with Crippen molar-refractivity contribution in [2.75, 3.05) is 32.8 Å². The molecule has 130 valence electrons. The van der Waals surface area contributed by atoms with Crippen molar-refractivity contribution < 1.29 is 4.74 Å². The Morgan fingerprint density at radius 3 is 2.58 bits per heavy atom. The lowest BCUT2D eigenvalue weighted by Crippen LogP contribution is -2.27. The number of nitrogens with zero attached hydrogens (tertiary/aromatic N) is 1. The summed E-state index contributed by atoms with van der Waals surface area (Å²) in [4.78, 5) is 2.44. The van der Waals surface area contributed by atoms with E-state index in [9.17, 15) is 0 Å². The van der Waals surface area contributed by atoms with Crippen LogP contribution in [0.1, 0.15) is 11.5 Å². The Morgan fingerprint density at radius 1 is 1.08 bits per heavy atom. The van der Waals surface area contributed by atoms with Crippen molar-refractivity contribution in [3.63, 3.8) is 0 Å². The highest BCUT2D eigenvalue weighted by Crippen LogP contribution is 2.31. The molecule has 0 aromatic heterocycles. The van der Waals surface area contributed by atoms with E-state index in [1.54, 1.807) is 0 Å². The molecule has 24 heavy (non-hydrogen) atoms. The molecule has 2 N–H and O–H groups in total. The first-order valence-electron chi connectivity index (χ1n) is 8.12. The van der Waals surface area contributed by atoms with Gasteiger partial charge in [0.15, 0.2) is 0 Å². The minimum Gasteiger partial charge on any atom is -0.492 e. The normalized spacial score (nSPS) is 20.6. The topological polar surface area (TPSA) is 38.5 Å². The van der Waals surface area contributed by atoms with Crippen LogP contribution in [0.3, 0.4) is 0 Å². The Kier molecular flexibility index (Phi) is 7.38. The van der Waals surface area contributed by atoms with E-state index in [0.717, 1.165) is 31.9 Å². The van der Waals surface area contributed by atoms with Gasteiger partial charge in [0, 0.05) is 30.6 Å². The average Bonchev–Trinajstić information content (AvgIpc) is 2.99. The maximum Gasteiger partial charge on any atom is 0.120 e. The molecule has 1 aliphatic heterocycles. The van der Waals surface area contributed by atoms with Crippen LogP contribution in [0.4, 0.5) is 0 Å². The van der Waals surface area contributed by atoms with Gasteiger partial charge in [-0.05, 0) is 36.2 Å². The Morgan fingerprint density at radius 2 is 1.88 bits per heavy atom. The van der Waals surface area contributed by atoms with Crippen LogP contribution in [0.15, 0.2) is 54.6 Å². The number of rotatable bonds is 6. The van der Waals surface area contributed by atoms with Gasteiger partial charge in [0.1, 0.15) is 12.4 Å². The first-order valence-corrected chi connectivity index (χ1v) is 8.50. The molecule has 0 radical (unpaired) electrons. The van der Waals surface area contributed by atoms with Crippen molar-refractivity contribution in [3.05, 3.63) is 65.2 Å². The van der Waals surface area contributed by atoms with Gasteiger partial charge in [-0.15, -0.1) is 12.4 Å². The number of benzene rings is 2. The van der Waals surface area contributed by atoms with E-state index in [-0.39, 0.29) is 12.4 Å². The first-order chi connectivity index (χ1) is 11.3. The number of nitrogens with two attached hydrogens (primary N) is 1. The Bertz CT molecular complexity index is 624. The summed E-state index contributed by atoms with van der Waals surface area (Å²) in [7, 11) is 0. The Labute approximate surface area is 155 Å². The number of hydrogen-bond donors (Lipinski definition) is 1. The van der Waals surface area contributed by atoms with Gasteiger partial charge >= 0.3 is 0 Å². The third-order valence-corrected chi connectivity index (χ3v) is 4.75. The van der Waals surface area contributed by atoms with Gasteiger partial charge in [0.05, 0.1) is 0 Å². The van der Waals surface area contributed by atoms with E-state index in [1.165, 1.54) is 5.56 Å². The predicted molar refractivity (Wildman–Crippen MR) is 102 cm³/mol. The first kappa shape index (κ1) is 19.1. The predicted octanol–water partition coefficient (Wildman–Crippen LogP) is 3.81. The van der Waals surface area contributed by atoms with Gasteiger partial charge in [0.25, 0.3) is 0 Å². The van der Waals surface area contributed by atoms with Crippen molar-refractivity contribution in [1.82, 2.24) is 4.90 Å². The Balaban J connectivity index is 0.00000208. The van der Waals surface area contributed by atoms with Gasteiger partial charge in [-0.3, -0.25) is 4.90 Å². The molecule has 2 atom stereocenters. The molecule has 1 saturated heterocycles. The van der Waals surface area contributed by atoms with Gasteiger partial charge in [-0.25, -0.2) is 0 Å². The number of ether oxygens (including phenoxy) is 1. The fraction of sp³-hybridized carbons (Fsp3) is 0.368. The largest absolute Gasteiger partial charge is 0.492 e. The molecular weight excluding hydrogens is 343 g/mol. The SMILES string of the molecule is Cl.NC[C@@H]1CN(CCOc2cccc(Cl)c2)C[C@H]1c1ccccc1. The van der Waals surface area contributed by atoms with E-state index >= 15 is 0 Å². The smallest absolute Gasteiger partial charge is 0.120 e. The van der Waals surface area contributed by atoms with E-state index in [1.807, 2.05) is 24.3 Å². The molecule has 1 aliphatic rings. The van der Waals surface area contributed by atoms with E-state index < -0.39 is 0 Å². The second-order valence-corrected chi connectivity index (χ2v) is 6.51. The van der Waals surface area contributed by atoms with Gasteiger partial charge in [-0.1, -0.05) is 48.0 Å². The molecule has 0 aliphatic carbocycles. The molecule has 1 heterocycles. The molecule has 5 heteroatoms. The molecule has 1 fully saturated rings. The third kappa shape index (κ3) is 4.87. The summed E-state index contributed by atoms with van der Waals surface area (Å²) in [5.74, 6) is 1.86. The van der Waals surface area contributed by atoms with Crippen molar-refractivity contribution >= 4 is 24.0 Å². The third-order valence-electron chi connectivity index (χ3n) is 4.52. The summed E-state index contributed by atoms with van der Waals surface area (Å²) in [6.45, 7) is 4.39. The van der Waals surface area contributed by atoms with E-state index in [2.05, 4.69) is 35.2 Å². The molecule has 0 amide bonds. The van der Waals surface area contributed by atoms with E-state index in [4.69, 9.17) is 22.1 Å². The van der Waals surface area contributed by atoms with Gasteiger partial charge in [0.2, 0.25) is 0 Å². The van der Waals surface area contributed by atoms with Crippen LogP contribution in [0.2, 0.25) is 5.02 Å². The summed E-state index contributed by atoms with van der Waals surface area (Å²) in [6.07, 6.45) is 0. The lowest BCUT2D eigenvalue weighted by Gasteiger charge is -2.17.